The zero-order valence-electron chi connectivity index (χ0n) is 16.8. The number of nitrogens with zero attached hydrogens (tertiary/aromatic N) is 1. The van der Waals surface area contributed by atoms with Gasteiger partial charge in [-0.3, -0.25) is 14.2 Å². The van der Waals surface area contributed by atoms with Gasteiger partial charge in [-0.2, -0.15) is 0 Å². The zero-order valence-corrected chi connectivity index (χ0v) is 16.8. The van der Waals surface area contributed by atoms with Crippen molar-refractivity contribution in [2.24, 2.45) is 0 Å². The number of aromatic nitrogens is 1. The first kappa shape index (κ1) is 20.3. The Morgan fingerprint density at radius 2 is 2.18 bits per heavy atom. The van der Waals surface area contributed by atoms with Crippen molar-refractivity contribution in [1.29, 1.82) is 0 Å². The lowest BCUT2D eigenvalue weighted by molar-refractivity contribution is 0.0239. The molecular weight excluding hydrogens is 354 g/mol. The average molecular weight is 383 g/mol. The second-order valence-corrected chi connectivity index (χ2v) is 7.54. The molecule has 1 amide bonds. The molecule has 2 aromatic rings. The van der Waals surface area contributed by atoms with E-state index in [-0.39, 0.29) is 23.1 Å². The summed E-state index contributed by atoms with van der Waals surface area (Å²) in [5, 5.41) is 6.15. The van der Waals surface area contributed by atoms with Gasteiger partial charge in [0.1, 0.15) is 5.56 Å². The van der Waals surface area contributed by atoms with E-state index in [0.717, 1.165) is 30.8 Å². The third kappa shape index (κ3) is 4.69. The van der Waals surface area contributed by atoms with Gasteiger partial charge in [0.25, 0.3) is 11.5 Å². The molecule has 0 radical (unpaired) electrons. The molecule has 2 N–H and O–H groups in total. The second kappa shape index (κ2) is 9.17. The maximum Gasteiger partial charge on any atom is 0.268 e. The van der Waals surface area contributed by atoms with E-state index in [1.165, 1.54) is 0 Å². The van der Waals surface area contributed by atoms with E-state index in [0.29, 0.717) is 24.6 Å². The summed E-state index contributed by atoms with van der Waals surface area (Å²) in [5.74, 6) is 0.0287. The van der Waals surface area contributed by atoms with E-state index < -0.39 is 0 Å². The van der Waals surface area contributed by atoms with Gasteiger partial charge in [0.15, 0.2) is 0 Å². The molecule has 2 heterocycles. The van der Waals surface area contributed by atoms with E-state index in [1.54, 1.807) is 17.7 Å². The lowest BCUT2D eigenvalue weighted by atomic mass is 10.0. The van der Waals surface area contributed by atoms with Crippen LogP contribution in [0.4, 0.5) is 0 Å². The van der Waals surface area contributed by atoms with Crippen molar-refractivity contribution in [2.75, 3.05) is 26.2 Å². The molecule has 0 saturated carbocycles. The van der Waals surface area contributed by atoms with E-state index in [1.807, 2.05) is 30.3 Å². The van der Waals surface area contributed by atoms with Crippen LogP contribution < -0.4 is 16.2 Å². The second-order valence-electron chi connectivity index (χ2n) is 7.54. The Hall–Kier alpha value is -2.44. The monoisotopic (exact) mass is 383 g/mol. The molecule has 1 saturated heterocycles. The maximum absolute atomic E-state index is 13.0. The highest BCUT2D eigenvalue weighted by atomic mass is 16.5. The van der Waals surface area contributed by atoms with Crippen LogP contribution in [0.15, 0.2) is 41.3 Å². The normalized spacial score (nSPS) is 16.9. The van der Waals surface area contributed by atoms with Crippen LogP contribution in [0.25, 0.3) is 5.69 Å². The molecule has 0 aliphatic carbocycles. The molecular formula is C22H29N3O3. The number of benzene rings is 1. The molecule has 1 aromatic carbocycles. The first-order chi connectivity index (χ1) is 13.5. The van der Waals surface area contributed by atoms with Crippen LogP contribution in [-0.4, -0.2) is 42.8 Å². The van der Waals surface area contributed by atoms with Crippen molar-refractivity contribution < 1.29 is 9.53 Å². The van der Waals surface area contributed by atoms with Crippen LogP contribution >= 0.6 is 0 Å². The number of aryl methyl sites for hydroxylation is 1. The van der Waals surface area contributed by atoms with Crippen molar-refractivity contribution in [3.05, 3.63) is 63.6 Å². The topological polar surface area (TPSA) is 72.4 Å². The molecule has 150 valence electrons. The minimum Gasteiger partial charge on any atom is -0.376 e. The Labute approximate surface area is 165 Å². The summed E-state index contributed by atoms with van der Waals surface area (Å²) in [6.07, 6.45) is 2.55. The molecule has 1 unspecified atom stereocenters. The van der Waals surface area contributed by atoms with Gasteiger partial charge in [0.05, 0.1) is 12.7 Å². The van der Waals surface area contributed by atoms with Crippen molar-refractivity contribution in [1.82, 2.24) is 15.2 Å². The molecule has 1 aliphatic heterocycles. The highest BCUT2D eigenvalue weighted by Crippen LogP contribution is 2.17. The van der Waals surface area contributed by atoms with Crippen molar-refractivity contribution >= 4 is 5.91 Å². The third-order valence-electron chi connectivity index (χ3n) is 5.10. The van der Waals surface area contributed by atoms with Gasteiger partial charge in [-0.15, -0.1) is 0 Å². The molecule has 6 heteroatoms. The number of ether oxygens (including phenoxy) is 1. The third-order valence-corrected chi connectivity index (χ3v) is 5.10. The predicted octanol–water partition coefficient (Wildman–Crippen LogP) is 2.38. The number of hydrogen-bond donors (Lipinski definition) is 2. The molecule has 1 fully saturated rings. The Balaban J connectivity index is 1.78. The summed E-state index contributed by atoms with van der Waals surface area (Å²) in [4.78, 5) is 25.8. The maximum atomic E-state index is 13.0. The minimum absolute atomic E-state index is 0.0985. The molecule has 1 aromatic heterocycles. The molecule has 28 heavy (non-hydrogen) atoms. The lowest BCUT2D eigenvalue weighted by Gasteiger charge is -2.23. The molecule has 1 aliphatic rings. The Morgan fingerprint density at radius 3 is 2.89 bits per heavy atom. The van der Waals surface area contributed by atoms with Crippen molar-refractivity contribution in [3.63, 3.8) is 0 Å². The fourth-order valence-electron chi connectivity index (χ4n) is 3.38. The average Bonchev–Trinajstić information content (AvgIpc) is 2.69. The summed E-state index contributed by atoms with van der Waals surface area (Å²) in [5.41, 5.74) is 2.49. The molecule has 0 spiro atoms. The number of morpholine rings is 1. The van der Waals surface area contributed by atoms with Gasteiger partial charge in [-0.05, 0) is 48.6 Å². The summed E-state index contributed by atoms with van der Waals surface area (Å²) in [7, 11) is 0. The Morgan fingerprint density at radius 1 is 1.36 bits per heavy atom. The van der Waals surface area contributed by atoms with Crippen molar-refractivity contribution in [3.8, 4) is 5.69 Å². The predicted molar refractivity (Wildman–Crippen MR) is 110 cm³/mol. The summed E-state index contributed by atoms with van der Waals surface area (Å²) >= 11 is 0. The lowest BCUT2D eigenvalue weighted by Crippen LogP contribution is -2.41. The van der Waals surface area contributed by atoms with Gasteiger partial charge in [-0.1, -0.05) is 26.0 Å². The minimum atomic E-state index is -0.333. The smallest absolute Gasteiger partial charge is 0.268 e. The standard InChI is InChI=1S/C22H29N3O3/c1-15(2)17-5-4-6-18(13-17)25-11-8-16(3)20(22(25)27)21(26)24-9-7-19-14-23-10-12-28-19/h4-6,8,11,13,15,19,23H,7,9-10,12,14H2,1-3H3,(H,24,26). The summed E-state index contributed by atoms with van der Waals surface area (Å²) in [6.45, 7) is 8.84. The summed E-state index contributed by atoms with van der Waals surface area (Å²) < 4.78 is 7.18. The summed E-state index contributed by atoms with van der Waals surface area (Å²) in [6, 6.07) is 9.68. The van der Waals surface area contributed by atoms with Gasteiger partial charge in [0, 0.05) is 31.5 Å². The van der Waals surface area contributed by atoms with Crippen LogP contribution in [0.3, 0.4) is 0 Å². The van der Waals surface area contributed by atoms with Crippen LogP contribution in [-0.2, 0) is 4.74 Å². The van der Waals surface area contributed by atoms with Gasteiger partial charge < -0.3 is 15.4 Å². The van der Waals surface area contributed by atoms with Gasteiger partial charge in [-0.25, -0.2) is 0 Å². The Bertz CT molecular complexity index is 883. The zero-order chi connectivity index (χ0) is 20.1. The number of rotatable bonds is 6. The molecule has 6 nitrogen and oxygen atoms in total. The number of pyridine rings is 1. The van der Waals surface area contributed by atoms with E-state index in [2.05, 4.69) is 24.5 Å². The van der Waals surface area contributed by atoms with Crippen LogP contribution in [0.1, 0.15) is 47.7 Å². The van der Waals surface area contributed by atoms with Gasteiger partial charge >= 0.3 is 0 Å². The van der Waals surface area contributed by atoms with Crippen LogP contribution in [0.2, 0.25) is 0 Å². The van der Waals surface area contributed by atoms with E-state index >= 15 is 0 Å². The highest BCUT2D eigenvalue weighted by molar-refractivity contribution is 5.95. The van der Waals surface area contributed by atoms with Gasteiger partial charge in [0.2, 0.25) is 0 Å². The number of hydrogen-bond acceptors (Lipinski definition) is 4. The first-order valence-electron chi connectivity index (χ1n) is 9.90. The van der Waals surface area contributed by atoms with Crippen LogP contribution in [0.5, 0.6) is 0 Å². The van der Waals surface area contributed by atoms with E-state index in [4.69, 9.17) is 4.74 Å². The fraction of sp³-hybridized carbons (Fsp3) is 0.455. The highest BCUT2D eigenvalue weighted by Gasteiger charge is 2.18. The molecule has 3 rings (SSSR count). The molecule has 0 bridgehead atoms. The van der Waals surface area contributed by atoms with E-state index in [9.17, 15) is 9.59 Å². The quantitative estimate of drug-likeness (QED) is 0.803. The number of nitrogens with one attached hydrogen (secondary N) is 2. The SMILES string of the molecule is Cc1ccn(-c2cccc(C(C)C)c2)c(=O)c1C(=O)NCCC1CNCCO1. The largest absolute Gasteiger partial charge is 0.376 e. The number of carbonyl (C=O) groups is 1. The fourth-order valence-corrected chi connectivity index (χ4v) is 3.38. The van der Waals surface area contributed by atoms with Crippen LogP contribution in [0, 0.1) is 6.92 Å². The number of carbonyl (C=O) groups excluding carboxylic acids is 1. The Kier molecular flexibility index (Phi) is 6.65. The van der Waals surface area contributed by atoms with Crippen molar-refractivity contribution in [2.45, 2.75) is 39.2 Å². The molecule has 1 atom stereocenters. The number of amides is 1. The first-order valence-corrected chi connectivity index (χ1v) is 9.90.